The fourth-order valence-electron chi connectivity index (χ4n) is 2.74. The Bertz CT molecular complexity index is 1080. The van der Waals surface area contributed by atoms with Gasteiger partial charge in [0.1, 0.15) is 17.2 Å². The van der Waals surface area contributed by atoms with Gasteiger partial charge in [0.05, 0.1) is 10.3 Å². The van der Waals surface area contributed by atoms with E-state index in [0.29, 0.717) is 16.0 Å². The zero-order chi connectivity index (χ0) is 18.3. The summed E-state index contributed by atoms with van der Waals surface area (Å²) >= 11 is 1.04. The van der Waals surface area contributed by atoms with Gasteiger partial charge in [-0.15, -0.1) is 11.3 Å². The first-order chi connectivity index (χ1) is 11.8. The number of aromatic nitrogens is 2. The number of nitrogens with zero attached hydrogens (tertiary/aromatic N) is 2. The van der Waals surface area contributed by atoms with Crippen molar-refractivity contribution in [3.05, 3.63) is 50.6 Å². The quantitative estimate of drug-likeness (QED) is 0.740. The molecule has 7 nitrogen and oxygen atoms in total. The molecule has 8 heteroatoms. The van der Waals surface area contributed by atoms with E-state index in [1.54, 1.807) is 19.1 Å². The van der Waals surface area contributed by atoms with Crippen LogP contribution in [0.1, 0.15) is 20.8 Å². The van der Waals surface area contributed by atoms with Crippen LogP contribution in [0, 0.1) is 13.8 Å². The number of aliphatic carboxylic acids is 1. The predicted octanol–water partition coefficient (Wildman–Crippen LogP) is 1.93. The highest BCUT2D eigenvalue weighted by Gasteiger charge is 2.21. The number of fused-ring (bicyclic) bond motifs is 1. The summed E-state index contributed by atoms with van der Waals surface area (Å²) in [6, 6.07) is 7.28. The third kappa shape index (κ3) is 2.91. The third-order valence-corrected chi connectivity index (χ3v) is 5.04. The van der Waals surface area contributed by atoms with Gasteiger partial charge in [-0.2, -0.15) is 0 Å². The molecule has 128 valence electrons. The van der Waals surface area contributed by atoms with E-state index in [9.17, 15) is 19.5 Å². The van der Waals surface area contributed by atoms with Crippen LogP contribution >= 0.6 is 11.3 Å². The summed E-state index contributed by atoms with van der Waals surface area (Å²) in [6.07, 6.45) is 0. The number of carbonyl (C=O) groups is 2. The molecule has 0 aliphatic heterocycles. The van der Waals surface area contributed by atoms with Crippen LogP contribution in [-0.2, 0) is 11.3 Å². The summed E-state index contributed by atoms with van der Waals surface area (Å²) < 4.78 is 1.12. The monoisotopic (exact) mass is 357 g/mol. The highest BCUT2D eigenvalue weighted by molar-refractivity contribution is 7.20. The molecule has 3 rings (SSSR count). The number of rotatable bonds is 4. The number of carboxylic acids is 1. The molecular weight excluding hydrogens is 342 g/mol. The minimum absolute atomic E-state index is 0.233. The van der Waals surface area contributed by atoms with E-state index in [2.05, 4.69) is 4.98 Å². The van der Waals surface area contributed by atoms with Crippen LogP contribution in [0.4, 0.5) is 0 Å². The van der Waals surface area contributed by atoms with E-state index in [1.165, 1.54) is 0 Å². The Morgan fingerprint density at radius 2 is 2.04 bits per heavy atom. The van der Waals surface area contributed by atoms with E-state index in [4.69, 9.17) is 5.73 Å². The second-order valence-electron chi connectivity index (χ2n) is 5.69. The van der Waals surface area contributed by atoms with Gasteiger partial charge in [-0.25, -0.2) is 4.98 Å². The Kier molecular flexibility index (Phi) is 4.13. The summed E-state index contributed by atoms with van der Waals surface area (Å²) in [5.41, 5.74) is 6.88. The normalized spacial score (nSPS) is 11.0. The molecule has 0 spiro atoms. The molecule has 0 saturated carbocycles. The molecule has 0 saturated heterocycles. The maximum atomic E-state index is 12.9. The number of aryl methyl sites for hydroxylation is 2. The minimum Gasteiger partial charge on any atom is -0.480 e. The molecule has 3 N–H and O–H groups in total. The number of hydrogen-bond donors (Lipinski definition) is 2. The van der Waals surface area contributed by atoms with E-state index < -0.39 is 24.0 Å². The third-order valence-electron chi connectivity index (χ3n) is 3.84. The average Bonchev–Trinajstić information content (AvgIpc) is 2.87. The highest BCUT2D eigenvalue weighted by atomic mass is 32.1. The first kappa shape index (κ1) is 16.8. The van der Waals surface area contributed by atoms with Crippen LogP contribution in [-0.4, -0.2) is 26.5 Å². The minimum atomic E-state index is -1.15. The fourth-order valence-corrected chi connectivity index (χ4v) is 3.76. The van der Waals surface area contributed by atoms with Crippen molar-refractivity contribution in [2.24, 2.45) is 5.73 Å². The standard InChI is InChI=1S/C17H15N3O4S/c1-8-4-3-5-10(6-8)15-19-16-12(9(2)13(25-16)14(18)23)17(24)20(15)7-11(21)22/h3-6H,7H2,1-2H3,(H2,18,23)(H,21,22). The Balaban J connectivity index is 2.41. The molecular formula is C17H15N3O4S. The Morgan fingerprint density at radius 1 is 1.32 bits per heavy atom. The molecule has 0 bridgehead atoms. The first-order valence-corrected chi connectivity index (χ1v) is 8.23. The maximum Gasteiger partial charge on any atom is 0.323 e. The summed E-state index contributed by atoms with van der Waals surface area (Å²) in [6.45, 7) is 2.98. The summed E-state index contributed by atoms with van der Waals surface area (Å²) in [5.74, 6) is -1.54. The number of amides is 1. The number of carbonyl (C=O) groups excluding carboxylic acids is 1. The van der Waals surface area contributed by atoms with Gasteiger partial charge < -0.3 is 10.8 Å². The number of nitrogens with two attached hydrogens (primary N) is 1. The zero-order valence-electron chi connectivity index (χ0n) is 13.6. The molecule has 0 unspecified atom stereocenters. The van der Waals surface area contributed by atoms with Crippen molar-refractivity contribution in [2.75, 3.05) is 0 Å². The van der Waals surface area contributed by atoms with Gasteiger partial charge in [0, 0.05) is 5.56 Å². The molecule has 2 aromatic heterocycles. The second-order valence-corrected chi connectivity index (χ2v) is 6.69. The van der Waals surface area contributed by atoms with Gasteiger partial charge in [-0.05, 0) is 25.5 Å². The number of primary amides is 1. The van der Waals surface area contributed by atoms with Crippen molar-refractivity contribution in [2.45, 2.75) is 20.4 Å². The average molecular weight is 357 g/mol. The van der Waals surface area contributed by atoms with Gasteiger partial charge in [-0.1, -0.05) is 23.8 Å². The molecule has 0 fully saturated rings. The van der Waals surface area contributed by atoms with Crippen LogP contribution in [0.3, 0.4) is 0 Å². The maximum absolute atomic E-state index is 12.9. The Labute approximate surface area is 146 Å². The lowest BCUT2D eigenvalue weighted by Gasteiger charge is -2.11. The lowest BCUT2D eigenvalue weighted by molar-refractivity contribution is -0.137. The van der Waals surface area contributed by atoms with Crippen molar-refractivity contribution < 1.29 is 14.7 Å². The van der Waals surface area contributed by atoms with E-state index in [1.807, 2.05) is 19.1 Å². The fraction of sp³-hybridized carbons (Fsp3) is 0.176. The summed E-state index contributed by atoms with van der Waals surface area (Å²) in [5, 5.41) is 9.43. The number of thiophene rings is 1. The largest absolute Gasteiger partial charge is 0.480 e. The molecule has 0 radical (unpaired) electrons. The van der Waals surface area contributed by atoms with Crippen molar-refractivity contribution in [3.63, 3.8) is 0 Å². The van der Waals surface area contributed by atoms with Crippen molar-refractivity contribution in [1.82, 2.24) is 9.55 Å². The number of hydrogen-bond acceptors (Lipinski definition) is 5. The predicted molar refractivity (Wildman–Crippen MR) is 94.9 cm³/mol. The van der Waals surface area contributed by atoms with Crippen LogP contribution < -0.4 is 11.3 Å². The van der Waals surface area contributed by atoms with Gasteiger partial charge >= 0.3 is 5.97 Å². The van der Waals surface area contributed by atoms with Gasteiger partial charge in [-0.3, -0.25) is 19.0 Å². The van der Waals surface area contributed by atoms with Crippen LogP contribution in [0.25, 0.3) is 21.6 Å². The Hall–Kier alpha value is -3.00. The summed E-state index contributed by atoms with van der Waals surface area (Å²) in [4.78, 5) is 40.8. The first-order valence-electron chi connectivity index (χ1n) is 7.42. The Morgan fingerprint density at radius 3 is 2.64 bits per heavy atom. The SMILES string of the molecule is Cc1cccc(-c2nc3sc(C(N)=O)c(C)c3c(=O)n2CC(=O)O)c1. The molecule has 2 heterocycles. The number of carboxylic acid groups (broad SMARTS) is 1. The van der Waals surface area contributed by atoms with Crippen molar-refractivity contribution >= 4 is 33.4 Å². The van der Waals surface area contributed by atoms with E-state index >= 15 is 0 Å². The zero-order valence-corrected chi connectivity index (χ0v) is 14.4. The number of benzene rings is 1. The lowest BCUT2D eigenvalue weighted by atomic mass is 10.1. The van der Waals surface area contributed by atoms with Gasteiger partial charge in [0.15, 0.2) is 0 Å². The molecule has 0 aliphatic carbocycles. The van der Waals surface area contributed by atoms with E-state index in [-0.39, 0.29) is 16.1 Å². The summed E-state index contributed by atoms with van der Waals surface area (Å²) in [7, 11) is 0. The molecule has 25 heavy (non-hydrogen) atoms. The van der Waals surface area contributed by atoms with Crippen LogP contribution in [0.15, 0.2) is 29.1 Å². The van der Waals surface area contributed by atoms with Crippen LogP contribution in [0.2, 0.25) is 0 Å². The highest BCUT2D eigenvalue weighted by Crippen LogP contribution is 2.29. The smallest absolute Gasteiger partial charge is 0.323 e. The molecule has 3 aromatic rings. The van der Waals surface area contributed by atoms with Gasteiger partial charge in [0.25, 0.3) is 11.5 Å². The topological polar surface area (TPSA) is 115 Å². The van der Waals surface area contributed by atoms with Crippen LogP contribution in [0.5, 0.6) is 0 Å². The van der Waals surface area contributed by atoms with E-state index in [0.717, 1.165) is 21.5 Å². The lowest BCUT2D eigenvalue weighted by Crippen LogP contribution is -2.27. The van der Waals surface area contributed by atoms with Crippen molar-refractivity contribution in [3.8, 4) is 11.4 Å². The second kappa shape index (κ2) is 6.14. The molecule has 1 aromatic carbocycles. The van der Waals surface area contributed by atoms with Crippen molar-refractivity contribution in [1.29, 1.82) is 0 Å². The molecule has 0 aliphatic rings. The molecule has 1 amide bonds. The molecule has 0 atom stereocenters. The van der Waals surface area contributed by atoms with Gasteiger partial charge in [0.2, 0.25) is 0 Å².